The molecule has 2 heterocycles. The van der Waals surface area contributed by atoms with Crippen LogP contribution in [-0.4, -0.2) is 50.7 Å². The molecule has 1 N–H and O–H groups in total. The highest BCUT2D eigenvalue weighted by molar-refractivity contribution is 8.15. The summed E-state index contributed by atoms with van der Waals surface area (Å²) in [5.41, 5.74) is 2.05. The molecule has 30 heavy (non-hydrogen) atoms. The van der Waals surface area contributed by atoms with Crippen molar-refractivity contribution >= 4 is 49.7 Å². The number of aldehydes is 1. The molecule has 4 rings (SSSR count). The van der Waals surface area contributed by atoms with Crippen molar-refractivity contribution in [1.29, 1.82) is 0 Å². The zero-order chi connectivity index (χ0) is 21.3. The van der Waals surface area contributed by atoms with Crippen molar-refractivity contribution in [1.82, 2.24) is 4.98 Å². The number of hydrogen-bond donors (Lipinski definition) is 1. The number of fused-ring (bicyclic) bond motifs is 1. The molecular formula is C21H21N3O4S2. The molecule has 1 unspecified atom stereocenters. The number of aliphatic imine (C=N–C) groups is 1. The summed E-state index contributed by atoms with van der Waals surface area (Å²) in [5, 5.41) is 1.86. The minimum Gasteiger partial charge on any atom is -0.495 e. The molecule has 0 aliphatic carbocycles. The monoisotopic (exact) mass is 443 g/mol. The Balaban J connectivity index is 1.73. The number of carbonyl (C=O) groups is 1. The van der Waals surface area contributed by atoms with E-state index in [9.17, 15) is 13.2 Å². The summed E-state index contributed by atoms with van der Waals surface area (Å²) >= 11 is 1.56. The number of thioether (sulfide) groups is 1. The molecule has 1 aliphatic heterocycles. The average molecular weight is 444 g/mol. The topological polar surface area (TPSA) is 91.8 Å². The van der Waals surface area contributed by atoms with Gasteiger partial charge in [0.15, 0.2) is 0 Å². The van der Waals surface area contributed by atoms with Crippen LogP contribution in [0.1, 0.15) is 12.1 Å². The van der Waals surface area contributed by atoms with Crippen LogP contribution in [0.5, 0.6) is 5.75 Å². The Morgan fingerprint density at radius 2 is 2.07 bits per heavy atom. The molecule has 156 valence electrons. The first-order chi connectivity index (χ1) is 14.5. The van der Waals surface area contributed by atoms with E-state index in [0.29, 0.717) is 29.9 Å². The minimum atomic E-state index is -3.84. The zero-order valence-electron chi connectivity index (χ0n) is 16.5. The van der Waals surface area contributed by atoms with Gasteiger partial charge >= 0.3 is 0 Å². The number of aromatic amines is 1. The van der Waals surface area contributed by atoms with Gasteiger partial charge in [-0.25, -0.2) is 8.42 Å². The summed E-state index contributed by atoms with van der Waals surface area (Å²) in [6, 6.07) is 14.0. The molecule has 2 aromatic carbocycles. The maximum Gasteiger partial charge on any atom is 0.267 e. The molecule has 0 amide bonds. The maximum absolute atomic E-state index is 13.3. The lowest BCUT2D eigenvalue weighted by atomic mass is 10.2. The summed E-state index contributed by atoms with van der Waals surface area (Å²) < 4.78 is 33.1. The van der Waals surface area contributed by atoms with E-state index in [2.05, 4.69) is 9.98 Å². The molecule has 1 aromatic heterocycles. The Labute approximate surface area is 179 Å². The molecule has 0 bridgehead atoms. The van der Waals surface area contributed by atoms with Gasteiger partial charge in [0.1, 0.15) is 22.0 Å². The van der Waals surface area contributed by atoms with Gasteiger partial charge in [-0.1, -0.05) is 36.0 Å². The number of ether oxygens (including phenoxy) is 1. The number of carbonyl (C=O) groups excluding carboxylic acids is 1. The largest absolute Gasteiger partial charge is 0.495 e. The fraction of sp³-hybridized carbons (Fsp3) is 0.238. The molecule has 3 aromatic rings. The standard InChI is InChI=1S/C21H21N3O4S2/c1-24(30(26,27)19-9-4-3-8-18(19)28-2)17-7-5-6-14-12-16(23-20(14)17)21-22-13-15(29-21)10-11-25/h3-9,11-12,15,23H,10,13H2,1-2H3. The Hall–Kier alpha value is -2.78. The molecular weight excluding hydrogens is 422 g/mol. The van der Waals surface area contributed by atoms with Crippen LogP contribution in [0.15, 0.2) is 58.4 Å². The first-order valence-electron chi connectivity index (χ1n) is 9.34. The van der Waals surface area contributed by atoms with Gasteiger partial charge in [0, 0.05) is 24.1 Å². The van der Waals surface area contributed by atoms with Gasteiger partial charge < -0.3 is 14.5 Å². The van der Waals surface area contributed by atoms with Gasteiger partial charge in [0.2, 0.25) is 0 Å². The second-order valence-corrected chi connectivity index (χ2v) is 10.1. The Kier molecular flexibility index (Phi) is 5.57. The van der Waals surface area contributed by atoms with Crippen LogP contribution in [0.4, 0.5) is 5.69 Å². The van der Waals surface area contributed by atoms with E-state index >= 15 is 0 Å². The summed E-state index contributed by atoms with van der Waals surface area (Å²) in [7, 11) is -0.863. The van der Waals surface area contributed by atoms with E-state index in [1.807, 2.05) is 18.2 Å². The predicted molar refractivity (Wildman–Crippen MR) is 120 cm³/mol. The Morgan fingerprint density at radius 3 is 2.83 bits per heavy atom. The van der Waals surface area contributed by atoms with Crippen LogP contribution in [0, 0.1) is 0 Å². The minimum absolute atomic E-state index is 0.103. The number of hydrogen-bond acceptors (Lipinski definition) is 6. The second-order valence-electron chi connectivity index (χ2n) is 6.84. The third-order valence-corrected chi connectivity index (χ3v) is 8.05. The van der Waals surface area contributed by atoms with Crippen LogP contribution < -0.4 is 9.04 Å². The number of nitrogens with zero attached hydrogens (tertiary/aromatic N) is 2. The van der Waals surface area contributed by atoms with Crippen molar-refractivity contribution in [2.45, 2.75) is 16.6 Å². The van der Waals surface area contributed by atoms with E-state index in [0.717, 1.165) is 22.4 Å². The molecule has 1 atom stereocenters. The molecule has 7 nitrogen and oxygen atoms in total. The normalized spacial score (nSPS) is 16.5. The van der Waals surface area contributed by atoms with Gasteiger partial charge in [0.25, 0.3) is 10.0 Å². The van der Waals surface area contributed by atoms with Gasteiger partial charge in [-0.2, -0.15) is 0 Å². The third-order valence-electron chi connectivity index (χ3n) is 4.99. The van der Waals surface area contributed by atoms with Crippen molar-refractivity contribution in [2.75, 3.05) is 25.0 Å². The van der Waals surface area contributed by atoms with E-state index in [1.165, 1.54) is 24.5 Å². The lowest BCUT2D eigenvalue weighted by molar-refractivity contribution is -0.107. The highest BCUT2D eigenvalue weighted by atomic mass is 32.2. The smallest absolute Gasteiger partial charge is 0.267 e. The van der Waals surface area contributed by atoms with Gasteiger partial charge in [-0.05, 0) is 24.3 Å². The molecule has 0 spiro atoms. The molecule has 0 saturated heterocycles. The quantitative estimate of drug-likeness (QED) is 0.565. The van der Waals surface area contributed by atoms with Crippen LogP contribution >= 0.6 is 11.8 Å². The molecule has 0 fully saturated rings. The predicted octanol–water partition coefficient (Wildman–Crippen LogP) is 3.45. The van der Waals surface area contributed by atoms with Gasteiger partial charge in [0.05, 0.1) is 30.6 Å². The molecule has 0 radical (unpaired) electrons. The number of nitrogens with one attached hydrogen (secondary N) is 1. The van der Waals surface area contributed by atoms with Crippen molar-refractivity contribution in [3.05, 3.63) is 54.2 Å². The first-order valence-corrected chi connectivity index (χ1v) is 11.7. The second kappa shape index (κ2) is 8.16. The van der Waals surface area contributed by atoms with Crippen molar-refractivity contribution < 1.29 is 17.9 Å². The van der Waals surface area contributed by atoms with Crippen molar-refractivity contribution in [2.24, 2.45) is 4.99 Å². The zero-order valence-corrected chi connectivity index (χ0v) is 18.2. The van der Waals surface area contributed by atoms with E-state index in [1.54, 1.807) is 36.0 Å². The summed E-state index contributed by atoms with van der Waals surface area (Å²) in [5.74, 6) is 0.293. The van der Waals surface area contributed by atoms with Crippen LogP contribution in [0.3, 0.4) is 0 Å². The molecule has 0 saturated carbocycles. The van der Waals surface area contributed by atoms with Gasteiger partial charge in [-0.15, -0.1) is 0 Å². The number of para-hydroxylation sites is 2. The SMILES string of the molecule is COc1ccccc1S(=O)(=O)N(C)c1cccc2cc(C3=NCC(CC=O)S3)[nH]c12. The number of aromatic nitrogens is 1. The highest BCUT2D eigenvalue weighted by Crippen LogP contribution is 2.34. The molecule has 9 heteroatoms. The number of methoxy groups -OCH3 is 1. The van der Waals surface area contributed by atoms with Crippen LogP contribution in [-0.2, 0) is 14.8 Å². The lowest BCUT2D eigenvalue weighted by Gasteiger charge is -2.21. The fourth-order valence-electron chi connectivity index (χ4n) is 3.42. The Morgan fingerprint density at radius 1 is 1.27 bits per heavy atom. The summed E-state index contributed by atoms with van der Waals surface area (Å²) in [4.78, 5) is 18.7. The fourth-order valence-corrected chi connectivity index (χ4v) is 5.81. The average Bonchev–Trinajstić information content (AvgIpc) is 3.40. The number of benzene rings is 2. The lowest BCUT2D eigenvalue weighted by Crippen LogP contribution is -2.27. The number of anilines is 1. The maximum atomic E-state index is 13.3. The number of sulfonamides is 1. The van der Waals surface area contributed by atoms with Crippen molar-refractivity contribution in [3.63, 3.8) is 0 Å². The summed E-state index contributed by atoms with van der Waals surface area (Å²) in [6.45, 7) is 0.600. The number of H-pyrrole nitrogens is 1. The van der Waals surface area contributed by atoms with E-state index < -0.39 is 10.0 Å². The number of rotatable bonds is 7. The molecule has 1 aliphatic rings. The van der Waals surface area contributed by atoms with Crippen LogP contribution in [0.2, 0.25) is 0 Å². The Bertz CT molecular complexity index is 1230. The van der Waals surface area contributed by atoms with E-state index in [4.69, 9.17) is 4.74 Å². The first kappa shape index (κ1) is 20.5. The van der Waals surface area contributed by atoms with E-state index in [-0.39, 0.29) is 10.1 Å². The van der Waals surface area contributed by atoms with Crippen molar-refractivity contribution in [3.8, 4) is 5.75 Å². The third kappa shape index (κ3) is 3.59. The summed E-state index contributed by atoms with van der Waals surface area (Å²) in [6.07, 6.45) is 1.38. The highest BCUT2D eigenvalue weighted by Gasteiger charge is 2.27. The van der Waals surface area contributed by atoms with Crippen LogP contribution in [0.25, 0.3) is 10.9 Å². The van der Waals surface area contributed by atoms with Gasteiger partial charge in [-0.3, -0.25) is 9.30 Å².